The Kier molecular flexibility index (Phi) is 38.1. The SMILES string of the molecule is CCCCC/C=C\C/C=C\C/C=C\C/C=C\CCCC(=O)OC(COC(=O)CCCCCCCCCCCCCCCCC)COP(=O)([O-])OCCN. The summed E-state index contributed by atoms with van der Waals surface area (Å²) in [7, 11) is -4.64. The number of phosphoric ester groups is 1. The standard InChI is InChI=1S/C43H78NO8P/c1-3-5-7-9-11-13-15-17-19-20-22-24-26-28-30-32-34-36-43(46)52-41(40-51-53(47,48)50-38-37-44)39-49-42(45)35-33-31-29-27-25-23-21-18-16-14-12-10-8-6-4-2/h11,13,17,19,22,24,28,30,41H,3-10,12,14-16,18,20-21,23,25-27,29,31-40,44H2,1-2H3,(H,47,48)/p-1/b13-11-,19-17-,24-22-,30-28-. The van der Waals surface area contributed by atoms with Crippen molar-refractivity contribution in [1.29, 1.82) is 0 Å². The van der Waals surface area contributed by atoms with E-state index in [9.17, 15) is 19.0 Å². The number of allylic oxidation sites excluding steroid dienone is 8. The summed E-state index contributed by atoms with van der Waals surface area (Å²) < 4.78 is 32.3. The van der Waals surface area contributed by atoms with E-state index >= 15 is 0 Å². The highest BCUT2D eigenvalue weighted by Gasteiger charge is 2.20. The van der Waals surface area contributed by atoms with Crippen LogP contribution in [0.3, 0.4) is 0 Å². The van der Waals surface area contributed by atoms with Crippen LogP contribution in [-0.2, 0) is 32.7 Å². The molecule has 0 amide bonds. The van der Waals surface area contributed by atoms with Crippen LogP contribution in [0.5, 0.6) is 0 Å². The molecule has 2 N–H and O–H groups in total. The van der Waals surface area contributed by atoms with Crippen molar-refractivity contribution in [2.45, 2.75) is 187 Å². The van der Waals surface area contributed by atoms with E-state index in [4.69, 9.17) is 19.7 Å². The van der Waals surface area contributed by atoms with Gasteiger partial charge in [0.25, 0.3) is 7.82 Å². The summed E-state index contributed by atoms with van der Waals surface area (Å²) in [4.78, 5) is 36.9. The van der Waals surface area contributed by atoms with Crippen molar-refractivity contribution in [1.82, 2.24) is 0 Å². The molecule has 0 aliphatic heterocycles. The van der Waals surface area contributed by atoms with Crippen molar-refractivity contribution in [2.24, 2.45) is 5.73 Å². The molecule has 53 heavy (non-hydrogen) atoms. The van der Waals surface area contributed by atoms with Crippen molar-refractivity contribution < 1.29 is 37.6 Å². The van der Waals surface area contributed by atoms with E-state index in [1.165, 1.54) is 103 Å². The second-order valence-corrected chi connectivity index (χ2v) is 15.3. The fraction of sp³-hybridized carbons (Fsp3) is 0.767. The maximum atomic E-state index is 12.5. The molecule has 0 aromatic heterocycles. The van der Waals surface area contributed by atoms with Gasteiger partial charge in [0.2, 0.25) is 0 Å². The van der Waals surface area contributed by atoms with Gasteiger partial charge in [0.05, 0.1) is 13.2 Å². The second-order valence-electron chi connectivity index (χ2n) is 13.8. The van der Waals surface area contributed by atoms with E-state index in [1.807, 2.05) is 6.08 Å². The van der Waals surface area contributed by atoms with Gasteiger partial charge in [-0.2, -0.15) is 0 Å². The highest BCUT2D eigenvalue weighted by Crippen LogP contribution is 2.38. The lowest BCUT2D eigenvalue weighted by atomic mass is 10.0. The monoisotopic (exact) mass is 767 g/mol. The first-order chi connectivity index (χ1) is 25.8. The average Bonchev–Trinajstić information content (AvgIpc) is 3.14. The number of nitrogens with two attached hydrogens (primary N) is 1. The molecule has 0 aromatic carbocycles. The zero-order valence-electron chi connectivity index (χ0n) is 33.7. The third-order valence-electron chi connectivity index (χ3n) is 8.71. The van der Waals surface area contributed by atoms with E-state index in [0.717, 1.165) is 38.5 Å². The van der Waals surface area contributed by atoms with E-state index in [-0.39, 0.29) is 32.6 Å². The lowest BCUT2D eigenvalue weighted by Crippen LogP contribution is -2.30. The third kappa shape index (κ3) is 39.5. The van der Waals surface area contributed by atoms with E-state index < -0.39 is 32.5 Å². The minimum absolute atomic E-state index is 0.00433. The Balaban J connectivity index is 4.26. The predicted octanol–water partition coefficient (Wildman–Crippen LogP) is 11.3. The minimum Gasteiger partial charge on any atom is -0.756 e. The van der Waals surface area contributed by atoms with Crippen LogP contribution in [0.4, 0.5) is 0 Å². The Morgan fingerprint density at radius 1 is 0.566 bits per heavy atom. The van der Waals surface area contributed by atoms with Crippen LogP contribution in [0.15, 0.2) is 48.6 Å². The number of unbranched alkanes of at least 4 members (excludes halogenated alkanes) is 18. The molecule has 0 fully saturated rings. The number of carbonyl (C=O) groups excluding carboxylic acids is 2. The van der Waals surface area contributed by atoms with Crippen molar-refractivity contribution in [2.75, 3.05) is 26.4 Å². The predicted molar refractivity (Wildman–Crippen MR) is 217 cm³/mol. The fourth-order valence-corrected chi connectivity index (χ4v) is 6.31. The molecule has 308 valence electrons. The molecule has 0 aliphatic rings. The van der Waals surface area contributed by atoms with Crippen LogP contribution < -0.4 is 10.6 Å². The van der Waals surface area contributed by atoms with Crippen LogP contribution in [0, 0.1) is 0 Å². The quantitative estimate of drug-likeness (QED) is 0.0280. The highest BCUT2D eigenvalue weighted by molar-refractivity contribution is 7.45. The van der Waals surface area contributed by atoms with Crippen molar-refractivity contribution in [3.8, 4) is 0 Å². The van der Waals surface area contributed by atoms with Gasteiger partial charge < -0.3 is 29.1 Å². The summed E-state index contributed by atoms with van der Waals surface area (Å²) in [5.74, 6) is -0.928. The van der Waals surface area contributed by atoms with Gasteiger partial charge in [-0.15, -0.1) is 0 Å². The summed E-state index contributed by atoms with van der Waals surface area (Å²) >= 11 is 0. The Labute approximate surface area is 324 Å². The van der Waals surface area contributed by atoms with Crippen molar-refractivity contribution >= 4 is 19.8 Å². The van der Waals surface area contributed by atoms with Crippen LogP contribution in [-0.4, -0.2) is 44.4 Å². The summed E-state index contributed by atoms with van der Waals surface area (Å²) in [6, 6.07) is 0. The van der Waals surface area contributed by atoms with Crippen molar-refractivity contribution in [3.05, 3.63) is 48.6 Å². The number of esters is 2. The number of phosphoric acid groups is 1. The molecule has 0 aromatic rings. The Bertz CT molecular complexity index is 1010. The lowest BCUT2D eigenvalue weighted by Gasteiger charge is -2.25. The number of hydrogen-bond donors (Lipinski definition) is 1. The highest BCUT2D eigenvalue weighted by atomic mass is 31.2. The molecule has 0 saturated carbocycles. The Morgan fingerprint density at radius 2 is 1.00 bits per heavy atom. The van der Waals surface area contributed by atoms with Gasteiger partial charge in [0.15, 0.2) is 6.10 Å². The first kappa shape index (κ1) is 51.0. The van der Waals surface area contributed by atoms with Gasteiger partial charge in [-0.25, -0.2) is 0 Å². The first-order valence-electron chi connectivity index (χ1n) is 21.1. The molecule has 0 saturated heterocycles. The van der Waals surface area contributed by atoms with Crippen LogP contribution in [0.25, 0.3) is 0 Å². The summed E-state index contributed by atoms with van der Waals surface area (Å²) in [5, 5.41) is 0. The molecule has 10 heteroatoms. The molecule has 0 radical (unpaired) electrons. The maximum absolute atomic E-state index is 12.5. The topological polar surface area (TPSA) is 137 Å². The summed E-state index contributed by atoms with van der Waals surface area (Å²) in [5.41, 5.74) is 5.31. The molecular weight excluding hydrogens is 689 g/mol. The van der Waals surface area contributed by atoms with Gasteiger partial charge >= 0.3 is 11.9 Å². The number of hydrogen-bond acceptors (Lipinski definition) is 9. The normalized spacial score (nSPS) is 13.8. The number of ether oxygens (including phenoxy) is 2. The van der Waals surface area contributed by atoms with E-state index in [1.54, 1.807) is 0 Å². The molecule has 0 spiro atoms. The van der Waals surface area contributed by atoms with Gasteiger partial charge in [-0.3, -0.25) is 14.2 Å². The van der Waals surface area contributed by atoms with Gasteiger partial charge in [0.1, 0.15) is 6.61 Å². The first-order valence-corrected chi connectivity index (χ1v) is 22.6. The maximum Gasteiger partial charge on any atom is 0.306 e. The number of carbonyl (C=O) groups is 2. The molecule has 0 bridgehead atoms. The van der Waals surface area contributed by atoms with Crippen LogP contribution >= 0.6 is 7.82 Å². The lowest BCUT2D eigenvalue weighted by molar-refractivity contribution is -0.228. The smallest absolute Gasteiger partial charge is 0.306 e. The molecule has 0 heterocycles. The molecule has 2 atom stereocenters. The van der Waals surface area contributed by atoms with Gasteiger partial charge in [-0.1, -0.05) is 165 Å². The largest absolute Gasteiger partial charge is 0.756 e. The van der Waals surface area contributed by atoms with Crippen molar-refractivity contribution in [3.63, 3.8) is 0 Å². The zero-order valence-corrected chi connectivity index (χ0v) is 34.6. The van der Waals surface area contributed by atoms with Gasteiger partial charge in [0, 0.05) is 19.4 Å². The minimum atomic E-state index is -4.64. The number of rotatable bonds is 39. The Hall–Kier alpha value is -2.03. The van der Waals surface area contributed by atoms with Gasteiger partial charge in [-0.05, 0) is 51.4 Å². The summed E-state index contributed by atoms with van der Waals surface area (Å²) in [6.45, 7) is 3.45. The zero-order chi connectivity index (χ0) is 38.9. The second kappa shape index (κ2) is 39.7. The Morgan fingerprint density at radius 3 is 1.51 bits per heavy atom. The molecule has 0 rings (SSSR count). The molecule has 0 aliphatic carbocycles. The molecular formula is C43H77NO8P-. The summed E-state index contributed by atoms with van der Waals surface area (Å²) in [6.07, 6.45) is 44.1. The third-order valence-corrected chi connectivity index (χ3v) is 9.67. The van der Waals surface area contributed by atoms with Crippen LogP contribution in [0.1, 0.15) is 181 Å². The van der Waals surface area contributed by atoms with Crippen LogP contribution in [0.2, 0.25) is 0 Å². The molecule has 9 nitrogen and oxygen atoms in total. The van der Waals surface area contributed by atoms with E-state index in [2.05, 4.69) is 60.9 Å². The molecule has 2 unspecified atom stereocenters. The average molecular weight is 767 g/mol. The van der Waals surface area contributed by atoms with E-state index in [0.29, 0.717) is 12.8 Å². The fourth-order valence-electron chi connectivity index (χ4n) is 5.56.